The lowest BCUT2D eigenvalue weighted by Gasteiger charge is -2.26. The van der Waals surface area contributed by atoms with Gasteiger partial charge in [-0.2, -0.15) is 0 Å². The van der Waals surface area contributed by atoms with Crippen molar-refractivity contribution >= 4 is 15.9 Å². The number of fused-ring (bicyclic) bond motifs is 1. The Hall–Kier alpha value is 0.480. The number of rotatable bonds is 1. The Morgan fingerprint density at radius 2 is 1.90 bits per heavy atom. The van der Waals surface area contributed by atoms with Crippen LogP contribution in [0.1, 0.15) is 26.2 Å². The van der Waals surface area contributed by atoms with Gasteiger partial charge in [-0.05, 0) is 42.9 Å². The Balaban J connectivity index is 1.94. The maximum Gasteiger partial charge on any atom is 0.00623 e. The molecule has 0 N–H and O–H groups in total. The van der Waals surface area contributed by atoms with Gasteiger partial charge in [-0.1, -0.05) is 22.9 Å². The molecule has 2 aliphatic rings. The third kappa shape index (κ3) is 1.13. The number of hydrogen-bond acceptors (Lipinski definition) is 0. The molecule has 0 nitrogen and oxygen atoms in total. The second-order valence-electron chi connectivity index (χ2n) is 4.12. The second-order valence-corrected chi connectivity index (χ2v) is 4.77. The van der Waals surface area contributed by atoms with Gasteiger partial charge in [0.2, 0.25) is 0 Å². The van der Waals surface area contributed by atoms with Crippen LogP contribution >= 0.6 is 15.9 Å². The van der Waals surface area contributed by atoms with E-state index in [1.165, 1.54) is 18.2 Å². The smallest absolute Gasteiger partial charge is 0.00623 e. The van der Waals surface area contributed by atoms with Crippen molar-refractivity contribution < 1.29 is 0 Å². The number of halogens is 1. The summed E-state index contributed by atoms with van der Waals surface area (Å²) >= 11 is 3.60. The molecule has 2 aliphatic carbocycles. The molecule has 0 radical (unpaired) electrons. The lowest BCUT2D eigenvalue weighted by Crippen LogP contribution is -2.19. The summed E-state index contributed by atoms with van der Waals surface area (Å²) in [7, 11) is 0. The largest absolute Gasteiger partial charge is 0.0925 e. The molecule has 4 unspecified atom stereocenters. The van der Waals surface area contributed by atoms with Gasteiger partial charge in [0.05, 0.1) is 0 Å². The summed E-state index contributed by atoms with van der Waals surface area (Å²) in [5.41, 5.74) is 0. The van der Waals surface area contributed by atoms with E-state index in [2.05, 4.69) is 22.9 Å². The van der Waals surface area contributed by atoms with Crippen LogP contribution in [-0.4, -0.2) is 5.33 Å². The van der Waals surface area contributed by atoms with Gasteiger partial charge in [0.25, 0.3) is 0 Å². The van der Waals surface area contributed by atoms with E-state index in [4.69, 9.17) is 0 Å². The molecule has 0 heterocycles. The molecule has 2 rings (SSSR count). The highest BCUT2D eigenvalue weighted by Gasteiger charge is 2.44. The maximum absolute atomic E-state index is 3.60. The molecular weight excluding hydrogens is 188 g/mol. The van der Waals surface area contributed by atoms with Crippen LogP contribution in [0.25, 0.3) is 0 Å². The summed E-state index contributed by atoms with van der Waals surface area (Å²) < 4.78 is 0. The van der Waals surface area contributed by atoms with E-state index in [1.807, 2.05) is 0 Å². The van der Waals surface area contributed by atoms with Crippen molar-refractivity contribution in [1.29, 1.82) is 0 Å². The quantitative estimate of drug-likeness (QED) is 0.574. The molecule has 0 amide bonds. The maximum atomic E-state index is 3.60. The van der Waals surface area contributed by atoms with Crippen LogP contribution in [0.5, 0.6) is 0 Å². The van der Waals surface area contributed by atoms with Crippen LogP contribution < -0.4 is 0 Å². The third-order valence-electron chi connectivity index (χ3n) is 3.35. The molecule has 1 heteroatoms. The van der Waals surface area contributed by atoms with Crippen molar-refractivity contribution in [1.82, 2.24) is 0 Å². The van der Waals surface area contributed by atoms with Crippen LogP contribution in [0.15, 0.2) is 0 Å². The van der Waals surface area contributed by atoms with Gasteiger partial charge in [-0.3, -0.25) is 0 Å². The van der Waals surface area contributed by atoms with Gasteiger partial charge in [-0.25, -0.2) is 0 Å². The van der Waals surface area contributed by atoms with E-state index in [1.54, 1.807) is 6.42 Å². The highest BCUT2D eigenvalue weighted by molar-refractivity contribution is 9.09. The summed E-state index contributed by atoms with van der Waals surface area (Å²) in [5.74, 6) is 4.26. The summed E-state index contributed by atoms with van der Waals surface area (Å²) in [4.78, 5) is 0. The van der Waals surface area contributed by atoms with Crippen molar-refractivity contribution in [3.8, 4) is 0 Å². The SMILES string of the molecule is CC1CC2CC2CC1CBr. The van der Waals surface area contributed by atoms with E-state index >= 15 is 0 Å². The number of hydrogen-bond donors (Lipinski definition) is 0. The van der Waals surface area contributed by atoms with Crippen molar-refractivity contribution in [3.63, 3.8) is 0 Å². The summed E-state index contributed by atoms with van der Waals surface area (Å²) in [5, 5.41) is 1.23. The third-order valence-corrected chi connectivity index (χ3v) is 4.18. The molecule has 10 heavy (non-hydrogen) atoms. The summed E-state index contributed by atoms with van der Waals surface area (Å²) in [6, 6.07) is 0. The van der Waals surface area contributed by atoms with Gasteiger partial charge >= 0.3 is 0 Å². The van der Waals surface area contributed by atoms with Gasteiger partial charge < -0.3 is 0 Å². The predicted octanol–water partition coefficient (Wildman–Crippen LogP) is 3.06. The van der Waals surface area contributed by atoms with Crippen LogP contribution in [0.4, 0.5) is 0 Å². The van der Waals surface area contributed by atoms with E-state index < -0.39 is 0 Å². The zero-order valence-electron chi connectivity index (χ0n) is 6.52. The van der Waals surface area contributed by atoms with E-state index in [0.29, 0.717) is 0 Å². The highest BCUT2D eigenvalue weighted by atomic mass is 79.9. The Bertz CT molecular complexity index is 133. The minimum Gasteiger partial charge on any atom is -0.0925 e. The molecule has 0 aromatic carbocycles. The topological polar surface area (TPSA) is 0 Å². The van der Waals surface area contributed by atoms with Crippen LogP contribution in [0, 0.1) is 23.7 Å². The average molecular weight is 203 g/mol. The van der Waals surface area contributed by atoms with Gasteiger partial charge in [0, 0.05) is 5.33 Å². The fraction of sp³-hybridized carbons (Fsp3) is 1.00. The standard InChI is InChI=1S/C9H15Br/c1-6-2-7-3-8(7)4-9(6)5-10/h6-9H,2-5H2,1H3. The van der Waals surface area contributed by atoms with Crippen molar-refractivity contribution in [2.24, 2.45) is 23.7 Å². The first kappa shape index (κ1) is 7.15. The summed E-state index contributed by atoms with van der Waals surface area (Å²) in [6.45, 7) is 2.42. The molecule has 58 valence electrons. The number of alkyl halides is 1. The molecule has 0 saturated heterocycles. The van der Waals surface area contributed by atoms with Gasteiger partial charge in [-0.15, -0.1) is 0 Å². The fourth-order valence-electron chi connectivity index (χ4n) is 2.39. The first-order valence-electron chi connectivity index (χ1n) is 4.37. The molecule has 0 bridgehead atoms. The van der Waals surface area contributed by atoms with Crippen molar-refractivity contribution in [3.05, 3.63) is 0 Å². The molecule has 2 saturated carbocycles. The molecule has 2 fully saturated rings. The van der Waals surface area contributed by atoms with Crippen molar-refractivity contribution in [2.75, 3.05) is 5.33 Å². The lowest BCUT2D eigenvalue weighted by molar-refractivity contribution is 0.271. The monoisotopic (exact) mass is 202 g/mol. The molecule has 0 spiro atoms. The molecule has 0 aromatic heterocycles. The molecule has 4 atom stereocenters. The lowest BCUT2D eigenvalue weighted by atomic mass is 9.82. The van der Waals surface area contributed by atoms with Gasteiger partial charge in [0.15, 0.2) is 0 Å². The normalized spacial score (nSPS) is 52.2. The Kier molecular flexibility index (Phi) is 1.79. The zero-order valence-corrected chi connectivity index (χ0v) is 8.10. The fourth-order valence-corrected chi connectivity index (χ4v) is 3.30. The average Bonchev–Trinajstić information content (AvgIpc) is 2.64. The molecular formula is C9H15Br. The van der Waals surface area contributed by atoms with Crippen LogP contribution in [0.3, 0.4) is 0 Å². The Morgan fingerprint density at radius 1 is 1.20 bits per heavy atom. The summed E-state index contributed by atoms with van der Waals surface area (Å²) in [6.07, 6.45) is 4.58. The second kappa shape index (κ2) is 2.51. The Labute approximate surface area is 71.5 Å². The van der Waals surface area contributed by atoms with E-state index in [0.717, 1.165) is 23.7 Å². The molecule has 0 aromatic rings. The highest BCUT2D eigenvalue weighted by Crippen LogP contribution is 2.53. The van der Waals surface area contributed by atoms with Gasteiger partial charge in [0.1, 0.15) is 0 Å². The zero-order chi connectivity index (χ0) is 7.14. The Morgan fingerprint density at radius 3 is 2.60 bits per heavy atom. The minimum absolute atomic E-state index is 0.989. The molecule has 0 aliphatic heterocycles. The first-order chi connectivity index (χ1) is 4.81. The van der Waals surface area contributed by atoms with E-state index in [9.17, 15) is 0 Å². The van der Waals surface area contributed by atoms with Crippen LogP contribution in [-0.2, 0) is 0 Å². The minimum atomic E-state index is 0.989. The van der Waals surface area contributed by atoms with Crippen molar-refractivity contribution in [2.45, 2.75) is 26.2 Å². The first-order valence-corrected chi connectivity index (χ1v) is 5.49. The van der Waals surface area contributed by atoms with E-state index in [-0.39, 0.29) is 0 Å². The predicted molar refractivity (Wildman–Crippen MR) is 47.3 cm³/mol. The van der Waals surface area contributed by atoms with Crippen LogP contribution in [0.2, 0.25) is 0 Å².